The summed E-state index contributed by atoms with van der Waals surface area (Å²) in [5.74, 6) is -0.148. The molecule has 0 saturated carbocycles. The predicted molar refractivity (Wildman–Crippen MR) is 73.1 cm³/mol. The van der Waals surface area contributed by atoms with Crippen molar-refractivity contribution < 1.29 is 4.39 Å². The molecule has 0 aliphatic carbocycles. The van der Waals surface area contributed by atoms with Gasteiger partial charge in [0.25, 0.3) is 0 Å². The summed E-state index contributed by atoms with van der Waals surface area (Å²) in [5.41, 5.74) is 1.36. The number of thiophene rings is 1. The number of aryl methyl sites for hydroxylation is 1. The number of rotatable bonds is 4. The SMILES string of the molecule is CCc1c(CNC(C)C)sc2cc(F)ccc12. The smallest absolute Gasteiger partial charge is 0.124 e. The molecule has 0 aliphatic rings. The second kappa shape index (κ2) is 5.15. The fourth-order valence-corrected chi connectivity index (χ4v) is 3.27. The molecule has 1 nitrogen and oxygen atoms in total. The molecule has 0 spiro atoms. The predicted octanol–water partition coefficient (Wildman–Crippen LogP) is 4.10. The van der Waals surface area contributed by atoms with Crippen molar-refractivity contribution in [1.29, 1.82) is 0 Å². The highest BCUT2D eigenvalue weighted by atomic mass is 32.1. The van der Waals surface area contributed by atoms with Gasteiger partial charge < -0.3 is 5.32 Å². The van der Waals surface area contributed by atoms with Crippen LogP contribution in [-0.2, 0) is 13.0 Å². The molecule has 2 rings (SSSR count). The van der Waals surface area contributed by atoms with Gasteiger partial charge in [-0.3, -0.25) is 0 Å². The Bertz CT molecular complexity index is 516. The van der Waals surface area contributed by atoms with Gasteiger partial charge >= 0.3 is 0 Å². The Hall–Kier alpha value is -0.930. The van der Waals surface area contributed by atoms with E-state index >= 15 is 0 Å². The highest BCUT2D eigenvalue weighted by Crippen LogP contribution is 2.32. The van der Waals surface area contributed by atoms with Crippen LogP contribution in [-0.4, -0.2) is 6.04 Å². The highest BCUT2D eigenvalue weighted by Gasteiger charge is 2.11. The zero-order valence-corrected chi connectivity index (χ0v) is 11.3. The summed E-state index contributed by atoms with van der Waals surface area (Å²) in [7, 11) is 0. The number of hydrogen-bond acceptors (Lipinski definition) is 2. The lowest BCUT2D eigenvalue weighted by molar-refractivity contribution is 0.591. The molecule has 0 aliphatic heterocycles. The number of fused-ring (bicyclic) bond motifs is 1. The molecule has 0 unspecified atom stereocenters. The Kier molecular flexibility index (Phi) is 3.79. The Morgan fingerprint density at radius 1 is 1.35 bits per heavy atom. The van der Waals surface area contributed by atoms with Crippen LogP contribution in [0.2, 0.25) is 0 Å². The standard InChI is InChI=1S/C14H18FNS/c1-4-11-12-6-5-10(15)7-13(12)17-14(11)8-16-9(2)3/h5-7,9,16H,4,8H2,1-3H3. The summed E-state index contributed by atoms with van der Waals surface area (Å²) < 4.78 is 14.2. The lowest BCUT2D eigenvalue weighted by atomic mass is 10.1. The van der Waals surface area contributed by atoms with Gasteiger partial charge in [0.2, 0.25) is 0 Å². The maximum Gasteiger partial charge on any atom is 0.124 e. The molecular weight excluding hydrogens is 233 g/mol. The molecule has 17 heavy (non-hydrogen) atoms. The fraction of sp³-hybridized carbons (Fsp3) is 0.429. The highest BCUT2D eigenvalue weighted by molar-refractivity contribution is 7.19. The number of nitrogens with one attached hydrogen (secondary N) is 1. The van der Waals surface area contributed by atoms with E-state index in [1.54, 1.807) is 23.5 Å². The second-order valence-corrected chi connectivity index (χ2v) is 5.67. The summed E-state index contributed by atoms with van der Waals surface area (Å²) in [6.45, 7) is 7.31. The molecule has 1 aromatic carbocycles. The molecule has 1 aromatic heterocycles. The molecule has 1 N–H and O–H groups in total. The zero-order valence-electron chi connectivity index (χ0n) is 10.5. The Labute approximate surface area is 106 Å². The number of halogens is 1. The Balaban J connectivity index is 2.41. The van der Waals surface area contributed by atoms with Gasteiger partial charge in [-0.2, -0.15) is 0 Å². The normalized spacial score (nSPS) is 11.6. The van der Waals surface area contributed by atoms with E-state index in [0.717, 1.165) is 17.7 Å². The van der Waals surface area contributed by atoms with E-state index in [0.29, 0.717) is 6.04 Å². The lowest BCUT2D eigenvalue weighted by Crippen LogP contribution is -2.21. The first-order valence-corrected chi connectivity index (χ1v) is 6.86. The average molecular weight is 251 g/mol. The molecule has 0 radical (unpaired) electrons. The monoisotopic (exact) mass is 251 g/mol. The first kappa shape index (κ1) is 12.5. The van der Waals surface area contributed by atoms with Crippen molar-refractivity contribution in [2.24, 2.45) is 0 Å². The molecule has 0 fully saturated rings. The van der Waals surface area contributed by atoms with Crippen LogP contribution in [0.5, 0.6) is 0 Å². The molecular formula is C14H18FNS. The number of benzene rings is 1. The number of hydrogen-bond donors (Lipinski definition) is 1. The average Bonchev–Trinajstić information content (AvgIpc) is 2.62. The maximum atomic E-state index is 13.2. The van der Waals surface area contributed by atoms with Crippen molar-refractivity contribution in [3.63, 3.8) is 0 Å². The van der Waals surface area contributed by atoms with Crippen LogP contribution in [0, 0.1) is 5.82 Å². The third-order valence-electron chi connectivity index (χ3n) is 2.86. The first-order chi connectivity index (χ1) is 8.11. The summed E-state index contributed by atoms with van der Waals surface area (Å²) in [4.78, 5) is 1.34. The summed E-state index contributed by atoms with van der Waals surface area (Å²) >= 11 is 1.70. The minimum Gasteiger partial charge on any atom is -0.310 e. The van der Waals surface area contributed by atoms with E-state index < -0.39 is 0 Å². The molecule has 1 heterocycles. The van der Waals surface area contributed by atoms with Gasteiger partial charge in [-0.15, -0.1) is 11.3 Å². The summed E-state index contributed by atoms with van der Waals surface area (Å²) in [5, 5.41) is 4.64. The summed E-state index contributed by atoms with van der Waals surface area (Å²) in [6.07, 6.45) is 1.00. The largest absolute Gasteiger partial charge is 0.310 e. The molecule has 3 heteroatoms. The van der Waals surface area contributed by atoms with Gasteiger partial charge in [-0.25, -0.2) is 4.39 Å². The molecule has 0 saturated heterocycles. The molecule has 0 amide bonds. The van der Waals surface area contributed by atoms with Crippen LogP contribution in [0.25, 0.3) is 10.1 Å². The van der Waals surface area contributed by atoms with Gasteiger partial charge in [0, 0.05) is 22.2 Å². The Morgan fingerprint density at radius 3 is 2.76 bits per heavy atom. The van der Waals surface area contributed by atoms with E-state index in [4.69, 9.17) is 0 Å². The van der Waals surface area contributed by atoms with Crippen molar-refractivity contribution in [3.8, 4) is 0 Å². The van der Waals surface area contributed by atoms with Crippen molar-refractivity contribution in [2.75, 3.05) is 0 Å². The quantitative estimate of drug-likeness (QED) is 0.862. The van der Waals surface area contributed by atoms with E-state index in [-0.39, 0.29) is 5.82 Å². The van der Waals surface area contributed by atoms with E-state index in [9.17, 15) is 4.39 Å². The topological polar surface area (TPSA) is 12.0 Å². The minimum absolute atomic E-state index is 0.148. The Morgan fingerprint density at radius 2 is 2.12 bits per heavy atom. The minimum atomic E-state index is -0.148. The van der Waals surface area contributed by atoms with Gasteiger partial charge in [0.15, 0.2) is 0 Å². The van der Waals surface area contributed by atoms with Crippen LogP contribution in [0.4, 0.5) is 4.39 Å². The zero-order chi connectivity index (χ0) is 12.4. The maximum absolute atomic E-state index is 13.2. The van der Waals surface area contributed by atoms with Gasteiger partial charge in [-0.05, 0) is 29.5 Å². The summed E-state index contributed by atoms with van der Waals surface area (Å²) in [6, 6.07) is 5.56. The van der Waals surface area contributed by atoms with Crippen LogP contribution >= 0.6 is 11.3 Å². The third-order valence-corrected chi connectivity index (χ3v) is 4.06. The van der Waals surface area contributed by atoms with E-state index in [1.165, 1.54) is 15.8 Å². The fourth-order valence-electron chi connectivity index (χ4n) is 2.00. The van der Waals surface area contributed by atoms with E-state index in [2.05, 4.69) is 26.1 Å². The van der Waals surface area contributed by atoms with Gasteiger partial charge in [0.05, 0.1) is 0 Å². The van der Waals surface area contributed by atoms with Crippen LogP contribution in [0.3, 0.4) is 0 Å². The van der Waals surface area contributed by atoms with E-state index in [1.807, 2.05) is 6.07 Å². The van der Waals surface area contributed by atoms with Crippen LogP contribution < -0.4 is 5.32 Å². The molecule has 0 bridgehead atoms. The van der Waals surface area contributed by atoms with Gasteiger partial charge in [0.1, 0.15) is 5.82 Å². The first-order valence-electron chi connectivity index (χ1n) is 6.05. The van der Waals surface area contributed by atoms with Crippen molar-refractivity contribution >= 4 is 21.4 Å². The second-order valence-electron chi connectivity index (χ2n) is 4.53. The van der Waals surface area contributed by atoms with Gasteiger partial charge in [-0.1, -0.05) is 26.8 Å². The third kappa shape index (κ3) is 2.67. The molecule has 92 valence electrons. The van der Waals surface area contributed by atoms with Crippen LogP contribution in [0.1, 0.15) is 31.2 Å². The van der Waals surface area contributed by atoms with Crippen molar-refractivity contribution in [3.05, 3.63) is 34.5 Å². The van der Waals surface area contributed by atoms with Crippen molar-refractivity contribution in [1.82, 2.24) is 5.32 Å². The molecule has 2 aromatic rings. The van der Waals surface area contributed by atoms with Crippen LogP contribution in [0.15, 0.2) is 18.2 Å². The molecule has 0 atom stereocenters. The van der Waals surface area contributed by atoms with Crippen molar-refractivity contribution in [2.45, 2.75) is 39.8 Å². The lowest BCUT2D eigenvalue weighted by Gasteiger charge is -2.07.